The second kappa shape index (κ2) is 20.2. The summed E-state index contributed by atoms with van der Waals surface area (Å²) in [5, 5.41) is 0. The van der Waals surface area contributed by atoms with Crippen LogP contribution in [0.15, 0.2) is 0 Å². The maximum atomic E-state index is 5.59. The van der Waals surface area contributed by atoms with Crippen molar-refractivity contribution in [2.75, 3.05) is 13.2 Å². The van der Waals surface area contributed by atoms with Gasteiger partial charge in [-0.25, -0.2) is 0 Å². The summed E-state index contributed by atoms with van der Waals surface area (Å²) < 4.78 is 11.2. The molecule has 0 spiro atoms. The smallest absolute Gasteiger partial charge is 0.157 e. The SMILES string of the molecule is CCCCCCCCCC(C)CCCCCCCC(OCC)OCC. The van der Waals surface area contributed by atoms with Crippen molar-refractivity contribution >= 4 is 0 Å². The third-order valence-electron chi connectivity index (χ3n) is 5.14. The molecule has 0 aromatic carbocycles. The van der Waals surface area contributed by atoms with Crippen molar-refractivity contribution in [3.05, 3.63) is 0 Å². The van der Waals surface area contributed by atoms with Crippen molar-refractivity contribution in [1.29, 1.82) is 0 Å². The van der Waals surface area contributed by atoms with E-state index < -0.39 is 0 Å². The number of hydrogen-bond acceptors (Lipinski definition) is 2. The van der Waals surface area contributed by atoms with E-state index in [1.807, 2.05) is 13.8 Å². The average Bonchev–Trinajstić information content (AvgIpc) is 2.60. The minimum atomic E-state index is 0.0250. The molecule has 1 unspecified atom stereocenters. The van der Waals surface area contributed by atoms with Gasteiger partial charge in [0.2, 0.25) is 0 Å². The number of hydrogen-bond donors (Lipinski definition) is 0. The summed E-state index contributed by atoms with van der Waals surface area (Å²) in [5.74, 6) is 0.927. The van der Waals surface area contributed by atoms with Crippen LogP contribution < -0.4 is 0 Å². The van der Waals surface area contributed by atoms with Gasteiger partial charge in [0.25, 0.3) is 0 Å². The Kier molecular flexibility index (Phi) is 20.2. The summed E-state index contributed by atoms with van der Waals surface area (Å²) in [4.78, 5) is 0. The lowest BCUT2D eigenvalue weighted by Crippen LogP contribution is -2.17. The maximum Gasteiger partial charge on any atom is 0.157 e. The van der Waals surface area contributed by atoms with Crippen LogP contribution in [0, 0.1) is 5.92 Å². The second-order valence-electron chi connectivity index (χ2n) is 7.70. The van der Waals surface area contributed by atoms with Crippen LogP contribution in [0.3, 0.4) is 0 Å². The van der Waals surface area contributed by atoms with Gasteiger partial charge >= 0.3 is 0 Å². The molecule has 0 rings (SSSR count). The Bertz CT molecular complexity index is 236. The molecule has 0 aliphatic heterocycles. The fourth-order valence-electron chi connectivity index (χ4n) is 3.51. The highest BCUT2D eigenvalue weighted by atomic mass is 16.7. The fourth-order valence-corrected chi connectivity index (χ4v) is 3.51. The van der Waals surface area contributed by atoms with Gasteiger partial charge in [0.1, 0.15) is 0 Å². The van der Waals surface area contributed by atoms with Crippen molar-refractivity contribution in [2.24, 2.45) is 5.92 Å². The average molecular weight is 357 g/mol. The topological polar surface area (TPSA) is 18.5 Å². The summed E-state index contributed by atoms with van der Waals surface area (Å²) in [6.07, 6.45) is 20.7. The second-order valence-corrected chi connectivity index (χ2v) is 7.70. The minimum Gasteiger partial charge on any atom is -0.353 e. The van der Waals surface area contributed by atoms with E-state index in [2.05, 4.69) is 13.8 Å². The summed E-state index contributed by atoms with van der Waals surface area (Å²) in [6.45, 7) is 10.3. The van der Waals surface area contributed by atoms with Crippen molar-refractivity contribution in [2.45, 2.75) is 130 Å². The molecule has 0 fully saturated rings. The molecule has 0 aliphatic carbocycles. The van der Waals surface area contributed by atoms with Gasteiger partial charge in [-0.3, -0.25) is 0 Å². The van der Waals surface area contributed by atoms with Gasteiger partial charge in [-0.2, -0.15) is 0 Å². The van der Waals surface area contributed by atoms with Crippen molar-refractivity contribution in [1.82, 2.24) is 0 Å². The highest BCUT2D eigenvalue weighted by Crippen LogP contribution is 2.19. The minimum absolute atomic E-state index is 0.0250. The van der Waals surface area contributed by atoms with Gasteiger partial charge in [-0.05, 0) is 32.6 Å². The van der Waals surface area contributed by atoms with E-state index in [0.717, 1.165) is 25.6 Å². The number of ether oxygens (including phenoxy) is 2. The first-order valence-corrected chi connectivity index (χ1v) is 11.5. The molecule has 1 atom stereocenters. The van der Waals surface area contributed by atoms with E-state index in [1.165, 1.54) is 89.9 Å². The lowest BCUT2D eigenvalue weighted by atomic mass is 9.96. The van der Waals surface area contributed by atoms with Crippen LogP contribution in [-0.2, 0) is 9.47 Å². The zero-order valence-corrected chi connectivity index (χ0v) is 18.0. The van der Waals surface area contributed by atoms with Gasteiger partial charge in [0, 0.05) is 13.2 Å². The van der Waals surface area contributed by atoms with Crippen LogP contribution in [-0.4, -0.2) is 19.5 Å². The molecule has 0 aromatic heterocycles. The largest absolute Gasteiger partial charge is 0.353 e. The maximum absolute atomic E-state index is 5.59. The molecule has 0 saturated heterocycles. The Hall–Kier alpha value is -0.0800. The molecule has 0 amide bonds. The molecule has 2 heteroatoms. The third-order valence-corrected chi connectivity index (χ3v) is 5.14. The van der Waals surface area contributed by atoms with Crippen molar-refractivity contribution in [3.63, 3.8) is 0 Å². The standard InChI is InChI=1S/C23H48O2/c1-5-8-9-10-11-13-16-19-22(4)20-17-14-12-15-18-21-23(24-6-2)25-7-3/h22-23H,5-21H2,1-4H3. The van der Waals surface area contributed by atoms with Crippen molar-refractivity contribution < 1.29 is 9.47 Å². The van der Waals surface area contributed by atoms with E-state index in [9.17, 15) is 0 Å². The summed E-state index contributed by atoms with van der Waals surface area (Å²) in [7, 11) is 0. The van der Waals surface area contributed by atoms with E-state index in [-0.39, 0.29) is 6.29 Å². The highest BCUT2D eigenvalue weighted by Gasteiger charge is 2.07. The number of rotatable bonds is 20. The molecule has 0 saturated carbocycles. The zero-order chi connectivity index (χ0) is 18.6. The van der Waals surface area contributed by atoms with Gasteiger partial charge in [-0.15, -0.1) is 0 Å². The van der Waals surface area contributed by atoms with Gasteiger partial charge in [-0.1, -0.05) is 97.3 Å². The van der Waals surface area contributed by atoms with Crippen molar-refractivity contribution in [3.8, 4) is 0 Å². The van der Waals surface area contributed by atoms with Crippen LogP contribution in [0.5, 0.6) is 0 Å². The van der Waals surface area contributed by atoms with Crippen LogP contribution >= 0.6 is 0 Å². The lowest BCUT2D eigenvalue weighted by Gasteiger charge is -2.16. The Labute approximate surface area is 159 Å². The first-order chi connectivity index (χ1) is 12.2. The Morgan fingerprint density at radius 1 is 0.520 bits per heavy atom. The molecule has 0 heterocycles. The molecule has 25 heavy (non-hydrogen) atoms. The van der Waals surface area contributed by atoms with Crippen LogP contribution in [0.1, 0.15) is 124 Å². The molecule has 152 valence electrons. The Morgan fingerprint density at radius 3 is 1.36 bits per heavy atom. The molecule has 0 aromatic rings. The Morgan fingerprint density at radius 2 is 0.920 bits per heavy atom. The fraction of sp³-hybridized carbons (Fsp3) is 1.00. The van der Waals surface area contributed by atoms with Crippen LogP contribution in [0.25, 0.3) is 0 Å². The molecule has 0 radical (unpaired) electrons. The van der Waals surface area contributed by atoms with Gasteiger partial charge in [0.15, 0.2) is 6.29 Å². The first kappa shape index (κ1) is 24.9. The van der Waals surface area contributed by atoms with E-state index in [0.29, 0.717) is 0 Å². The monoisotopic (exact) mass is 356 g/mol. The molecule has 2 nitrogen and oxygen atoms in total. The molecule has 0 bridgehead atoms. The predicted octanol–water partition coefficient (Wildman–Crippen LogP) is 7.89. The van der Waals surface area contributed by atoms with E-state index in [1.54, 1.807) is 0 Å². The van der Waals surface area contributed by atoms with Crippen LogP contribution in [0.2, 0.25) is 0 Å². The summed E-state index contributed by atoms with van der Waals surface area (Å²) in [5.41, 5.74) is 0. The van der Waals surface area contributed by atoms with E-state index >= 15 is 0 Å². The number of unbranched alkanes of at least 4 members (excludes halogenated alkanes) is 10. The van der Waals surface area contributed by atoms with E-state index in [4.69, 9.17) is 9.47 Å². The summed E-state index contributed by atoms with van der Waals surface area (Å²) >= 11 is 0. The van der Waals surface area contributed by atoms with Gasteiger partial charge < -0.3 is 9.47 Å². The molecule has 0 N–H and O–H groups in total. The summed E-state index contributed by atoms with van der Waals surface area (Å²) in [6, 6.07) is 0. The molecular formula is C23H48O2. The lowest BCUT2D eigenvalue weighted by molar-refractivity contribution is -0.140. The normalized spacial score (nSPS) is 12.8. The highest BCUT2D eigenvalue weighted by molar-refractivity contribution is 4.56. The first-order valence-electron chi connectivity index (χ1n) is 11.5. The van der Waals surface area contributed by atoms with Gasteiger partial charge in [0.05, 0.1) is 0 Å². The molecule has 0 aliphatic rings. The predicted molar refractivity (Wildman–Crippen MR) is 111 cm³/mol. The van der Waals surface area contributed by atoms with Crippen LogP contribution in [0.4, 0.5) is 0 Å². The molecular weight excluding hydrogens is 308 g/mol. The zero-order valence-electron chi connectivity index (χ0n) is 18.0. The quantitative estimate of drug-likeness (QED) is 0.163. The third kappa shape index (κ3) is 18.5. The Balaban J connectivity index is 3.32.